The highest BCUT2D eigenvalue weighted by molar-refractivity contribution is 5.54. The van der Waals surface area contributed by atoms with E-state index in [4.69, 9.17) is 4.74 Å². The van der Waals surface area contributed by atoms with E-state index in [9.17, 15) is 10.1 Å². The van der Waals surface area contributed by atoms with Crippen molar-refractivity contribution in [3.63, 3.8) is 0 Å². The van der Waals surface area contributed by atoms with Crippen molar-refractivity contribution >= 4 is 11.5 Å². The Morgan fingerprint density at radius 2 is 2.28 bits per heavy atom. The predicted molar refractivity (Wildman–Crippen MR) is 65.6 cm³/mol. The molecule has 100 valence electrons. The van der Waals surface area contributed by atoms with Crippen LogP contribution in [-0.2, 0) is 11.8 Å². The zero-order valence-electron chi connectivity index (χ0n) is 10.3. The molecule has 1 aliphatic heterocycles. The Morgan fingerprint density at radius 3 is 2.94 bits per heavy atom. The molecule has 0 atom stereocenters. The van der Waals surface area contributed by atoms with Crippen LogP contribution < -0.4 is 5.32 Å². The maximum Gasteiger partial charge on any atom is 0.330 e. The molecule has 2 heterocycles. The molecule has 18 heavy (non-hydrogen) atoms. The smallest absolute Gasteiger partial charge is 0.330 e. The van der Waals surface area contributed by atoms with Gasteiger partial charge in [0.05, 0.1) is 18.1 Å². The van der Waals surface area contributed by atoms with Gasteiger partial charge in [-0.15, -0.1) is 5.10 Å². The maximum absolute atomic E-state index is 10.8. The molecule has 8 heteroatoms. The van der Waals surface area contributed by atoms with E-state index in [1.165, 1.54) is 10.9 Å². The predicted octanol–water partition coefficient (Wildman–Crippen LogP) is 0.0724. The van der Waals surface area contributed by atoms with Gasteiger partial charge in [0.1, 0.15) is 6.20 Å². The molecule has 1 fully saturated rings. The van der Waals surface area contributed by atoms with Crippen molar-refractivity contribution in [1.82, 2.24) is 14.7 Å². The molecule has 0 unspecified atom stereocenters. The van der Waals surface area contributed by atoms with Crippen LogP contribution in [-0.4, -0.2) is 59.0 Å². The third-order valence-corrected chi connectivity index (χ3v) is 2.83. The van der Waals surface area contributed by atoms with Crippen LogP contribution in [0.5, 0.6) is 0 Å². The number of nitrogens with one attached hydrogen (secondary N) is 1. The molecule has 0 radical (unpaired) electrons. The molecular weight excluding hydrogens is 238 g/mol. The van der Waals surface area contributed by atoms with E-state index in [0.29, 0.717) is 12.4 Å². The van der Waals surface area contributed by atoms with E-state index in [1.54, 1.807) is 7.05 Å². The van der Waals surface area contributed by atoms with Gasteiger partial charge in [-0.2, -0.15) is 0 Å². The molecule has 0 aliphatic carbocycles. The average Bonchev–Trinajstić information content (AvgIpc) is 2.72. The van der Waals surface area contributed by atoms with E-state index in [1.807, 2.05) is 0 Å². The molecule has 1 saturated heterocycles. The Labute approximate surface area is 105 Å². The monoisotopic (exact) mass is 255 g/mol. The summed E-state index contributed by atoms with van der Waals surface area (Å²) in [6.45, 7) is 4.79. The molecule has 1 aromatic rings. The van der Waals surface area contributed by atoms with Crippen LogP contribution in [0.4, 0.5) is 11.5 Å². The minimum Gasteiger partial charge on any atom is -0.379 e. The van der Waals surface area contributed by atoms with Crippen molar-refractivity contribution in [2.45, 2.75) is 0 Å². The molecule has 8 nitrogen and oxygen atoms in total. The first-order valence-electron chi connectivity index (χ1n) is 5.89. The van der Waals surface area contributed by atoms with Gasteiger partial charge in [0.15, 0.2) is 0 Å². The van der Waals surface area contributed by atoms with E-state index in [2.05, 4.69) is 15.3 Å². The minimum absolute atomic E-state index is 0.0134. The summed E-state index contributed by atoms with van der Waals surface area (Å²) in [5.74, 6) is 0.329. The zero-order valence-corrected chi connectivity index (χ0v) is 10.3. The lowest BCUT2D eigenvalue weighted by atomic mass is 10.4. The molecule has 0 saturated carbocycles. The van der Waals surface area contributed by atoms with E-state index < -0.39 is 4.92 Å². The molecule has 1 aliphatic rings. The summed E-state index contributed by atoms with van der Waals surface area (Å²) in [6.07, 6.45) is 1.40. The summed E-state index contributed by atoms with van der Waals surface area (Å²) >= 11 is 0. The Hall–Kier alpha value is -1.67. The highest BCUT2D eigenvalue weighted by atomic mass is 16.6. The molecule has 0 spiro atoms. The molecule has 0 bridgehead atoms. The van der Waals surface area contributed by atoms with Gasteiger partial charge in [0.25, 0.3) is 0 Å². The van der Waals surface area contributed by atoms with Crippen LogP contribution in [0.25, 0.3) is 0 Å². The van der Waals surface area contributed by atoms with Gasteiger partial charge >= 0.3 is 5.69 Å². The Balaban J connectivity index is 1.84. The van der Waals surface area contributed by atoms with Crippen molar-refractivity contribution < 1.29 is 9.66 Å². The fourth-order valence-electron chi connectivity index (χ4n) is 1.89. The van der Waals surface area contributed by atoms with Crippen LogP contribution >= 0.6 is 0 Å². The zero-order chi connectivity index (χ0) is 13.0. The number of nitrogens with zero attached hydrogens (tertiary/aromatic N) is 4. The quantitative estimate of drug-likeness (QED) is 0.592. The largest absolute Gasteiger partial charge is 0.379 e. The van der Waals surface area contributed by atoms with Gasteiger partial charge in [-0.05, 0) is 0 Å². The standard InChI is InChI=1S/C10H17N5O3/c1-13-8-9(15(16)17)10(12-13)11-2-3-14-4-6-18-7-5-14/h8H,2-7H2,1H3,(H,11,12). The van der Waals surface area contributed by atoms with Crippen LogP contribution in [0, 0.1) is 10.1 Å². The third kappa shape index (κ3) is 3.17. The average molecular weight is 255 g/mol. The normalized spacial score (nSPS) is 16.7. The Bertz CT molecular complexity index is 414. The van der Waals surface area contributed by atoms with E-state index in [-0.39, 0.29) is 5.69 Å². The lowest BCUT2D eigenvalue weighted by Crippen LogP contribution is -2.39. The number of aromatic nitrogens is 2. The van der Waals surface area contributed by atoms with Crippen molar-refractivity contribution in [3.05, 3.63) is 16.3 Å². The van der Waals surface area contributed by atoms with Crippen molar-refractivity contribution in [2.24, 2.45) is 7.05 Å². The molecule has 0 amide bonds. The van der Waals surface area contributed by atoms with Gasteiger partial charge in [0.2, 0.25) is 5.82 Å². The Morgan fingerprint density at radius 1 is 1.56 bits per heavy atom. The van der Waals surface area contributed by atoms with Crippen molar-refractivity contribution in [2.75, 3.05) is 44.7 Å². The van der Waals surface area contributed by atoms with E-state index >= 15 is 0 Å². The maximum atomic E-state index is 10.8. The number of morpholine rings is 1. The van der Waals surface area contributed by atoms with Crippen LogP contribution in [0.15, 0.2) is 6.20 Å². The fourth-order valence-corrected chi connectivity index (χ4v) is 1.89. The second-order valence-electron chi connectivity index (χ2n) is 4.17. The lowest BCUT2D eigenvalue weighted by Gasteiger charge is -2.26. The first-order valence-corrected chi connectivity index (χ1v) is 5.89. The lowest BCUT2D eigenvalue weighted by molar-refractivity contribution is -0.384. The minimum atomic E-state index is -0.427. The van der Waals surface area contributed by atoms with E-state index in [0.717, 1.165) is 32.8 Å². The number of hydrogen-bond donors (Lipinski definition) is 1. The van der Waals surface area contributed by atoms with Crippen LogP contribution in [0.1, 0.15) is 0 Å². The Kier molecular flexibility index (Phi) is 4.11. The highest BCUT2D eigenvalue weighted by Crippen LogP contribution is 2.20. The van der Waals surface area contributed by atoms with Crippen LogP contribution in [0.3, 0.4) is 0 Å². The molecule has 1 aromatic heterocycles. The summed E-state index contributed by atoms with van der Waals surface area (Å²) in [6, 6.07) is 0. The van der Waals surface area contributed by atoms with Gasteiger partial charge < -0.3 is 10.1 Å². The fraction of sp³-hybridized carbons (Fsp3) is 0.700. The molecule has 0 aromatic carbocycles. The molecule has 1 N–H and O–H groups in total. The van der Waals surface area contributed by atoms with Crippen LogP contribution in [0.2, 0.25) is 0 Å². The third-order valence-electron chi connectivity index (χ3n) is 2.83. The number of anilines is 1. The van der Waals surface area contributed by atoms with Crippen molar-refractivity contribution in [1.29, 1.82) is 0 Å². The number of nitro groups is 1. The van der Waals surface area contributed by atoms with Gasteiger partial charge in [-0.25, -0.2) is 0 Å². The number of aryl methyl sites for hydroxylation is 1. The second kappa shape index (κ2) is 5.78. The van der Waals surface area contributed by atoms with Gasteiger partial charge in [-0.1, -0.05) is 0 Å². The number of rotatable bonds is 5. The summed E-state index contributed by atoms with van der Waals surface area (Å²) in [5.41, 5.74) is 0.0134. The number of hydrogen-bond acceptors (Lipinski definition) is 6. The first-order chi connectivity index (χ1) is 8.66. The summed E-state index contributed by atoms with van der Waals surface area (Å²) in [4.78, 5) is 12.6. The summed E-state index contributed by atoms with van der Waals surface area (Å²) in [5, 5.41) is 17.8. The molecule has 2 rings (SSSR count). The summed E-state index contributed by atoms with van der Waals surface area (Å²) in [7, 11) is 1.67. The topological polar surface area (TPSA) is 85.5 Å². The number of ether oxygens (including phenoxy) is 1. The summed E-state index contributed by atoms with van der Waals surface area (Å²) < 4.78 is 6.69. The van der Waals surface area contributed by atoms with Crippen molar-refractivity contribution in [3.8, 4) is 0 Å². The second-order valence-corrected chi connectivity index (χ2v) is 4.17. The molecular formula is C10H17N5O3. The highest BCUT2D eigenvalue weighted by Gasteiger charge is 2.18. The first kappa shape index (κ1) is 12.8. The van der Waals surface area contributed by atoms with Gasteiger partial charge in [0, 0.05) is 33.2 Å². The van der Waals surface area contributed by atoms with Gasteiger partial charge in [-0.3, -0.25) is 19.7 Å². The SMILES string of the molecule is Cn1cc([N+](=O)[O-])c(NCCN2CCOCC2)n1.